The molecule has 3 amide bonds. The van der Waals surface area contributed by atoms with E-state index in [9.17, 15) is 14.4 Å². The molecule has 3 fully saturated rings. The van der Waals surface area contributed by atoms with Gasteiger partial charge in [-0.3, -0.25) is 29.4 Å². The molecule has 1 atom stereocenters. The average Bonchev–Trinajstić information content (AvgIpc) is 3.65. The van der Waals surface area contributed by atoms with Gasteiger partial charge in [-0.1, -0.05) is 18.2 Å². The fourth-order valence-corrected chi connectivity index (χ4v) is 6.55. The number of nitrogens with one attached hydrogen (secondary N) is 2. The second-order valence-corrected chi connectivity index (χ2v) is 12.1. The van der Waals surface area contributed by atoms with Crippen molar-refractivity contribution >= 4 is 34.4 Å². The lowest BCUT2D eigenvalue weighted by atomic mass is 9.80. The number of anilines is 1. The Morgan fingerprint density at radius 1 is 0.976 bits per heavy atom. The number of aromatic nitrogens is 4. The van der Waals surface area contributed by atoms with Crippen LogP contribution in [0.2, 0.25) is 0 Å². The van der Waals surface area contributed by atoms with Crippen molar-refractivity contribution in [3.63, 3.8) is 0 Å². The smallest absolute Gasteiger partial charge is 0.255 e. The van der Waals surface area contributed by atoms with E-state index in [2.05, 4.69) is 26.5 Å². The molecule has 2 aliphatic carbocycles. The largest absolute Gasteiger partial charge is 0.385 e. The molecule has 8 rings (SSSR count). The third-order valence-electron chi connectivity index (χ3n) is 9.16. The highest BCUT2D eigenvalue weighted by Gasteiger charge is 2.39. The Morgan fingerprint density at radius 2 is 1.81 bits per heavy atom. The highest BCUT2D eigenvalue weighted by Crippen LogP contribution is 2.45. The first-order valence-electron chi connectivity index (χ1n) is 14.8. The van der Waals surface area contributed by atoms with E-state index in [0.29, 0.717) is 36.4 Å². The molecule has 2 aromatic heterocycles. The minimum absolute atomic E-state index is 0.149. The summed E-state index contributed by atoms with van der Waals surface area (Å²) in [6, 6.07) is 13.6. The molecule has 212 valence electrons. The number of carbonyl (C=O) groups excluding carboxylic acids is 3. The summed E-state index contributed by atoms with van der Waals surface area (Å²) >= 11 is 0. The summed E-state index contributed by atoms with van der Waals surface area (Å²) in [6.45, 7) is 1.21. The van der Waals surface area contributed by atoms with Gasteiger partial charge in [-0.15, -0.1) is 0 Å². The Morgan fingerprint density at radius 3 is 2.62 bits per heavy atom. The van der Waals surface area contributed by atoms with Crippen LogP contribution in [0.5, 0.6) is 0 Å². The molecule has 2 aromatic carbocycles. The number of hydrogen-bond donors (Lipinski definition) is 2. The van der Waals surface area contributed by atoms with E-state index in [0.717, 1.165) is 58.6 Å². The van der Waals surface area contributed by atoms with Crippen LogP contribution in [0, 0.1) is 5.92 Å². The van der Waals surface area contributed by atoms with Crippen molar-refractivity contribution in [2.24, 2.45) is 5.92 Å². The standard InChI is InChI=1S/C32H31N7O3/c40-29-10-9-28(31(41)36-29)38-16-20-7-8-21(13-23(20)32(38)42)33-14-18-11-22(12-18)39-17-24(30(37-39)19-5-6-19)27-15-34-25-3-1-2-4-26(25)35-27/h1-4,7-8,13,15,17-19,22,28,33H,5-6,9-12,14,16H2,(H,36,40,41)/t18-,22-,28?. The Hall–Kier alpha value is -4.60. The van der Waals surface area contributed by atoms with Crippen LogP contribution in [-0.4, -0.2) is 55.0 Å². The van der Waals surface area contributed by atoms with E-state index >= 15 is 0 Å². The van der Waals surface area contributed by atoms with E-state index in [-0.39, 0.29) is 24.1 Å². The molecule has 4 aliphatic rings. The minimum Gasteiger partial charge on any atom is -0.385 e. The molecule has 4 aromatic rings. The summed E-state index contributed by atoms with van der Waals surface area (Å²) in [7, 11) is 0. The van der Waals surface area contributed by atoms with Gasteiger partial charge in [-0.2, -0.15) is 5.10 Å². The maximum atomic E-state index is 13.1. The van der Waals surface area contributed by atoms with Crippen molar-refractivity contribution in [2.45, 2.75) is 63.1 Å². The topological polar surface area (TPSA) is 122 Å². The van der Waals surface area contributed by atoms with E-state index in [1.165, 1.54) is 12.8 Å². The van der Waals surface area contributed by atoms with Crippen LogP contribution in [0.15, 0.2) is 54.9 Å². The molecule has 2 N–H and O–H groups in total. The van der Waals surface area contributed by atoms with Gasteiger partial charge in [-0.25, -0.2) is 4.98 Å². The first kappa shape index (κ1) is 25.1. The second-order valence-electron chi connectivity index (χ2n) is 12.1. The highest BCUT2D eigenvalue weighted by atomic mass is 16.2. The quantitative estimate of drug-likeness (QED) is 0.325. The van der Waals surface area contributed by atoms with Gasteiger partial charge >= 0.3 is 0 Å². The summed E-state index contributed by atoms with van der Waals surface area (Å²) in [5.74, 6) is 0.213. The zero-order valence-electron chi connectivity index (χ0n) is 23.1. The number of hydrogen-bond acceptors (Lipinski definition) is 7. The molecule has 0 radical (unpaired) electrons. The lowest BCUT2D eigenvalue weighted by Gasteiger charge is -2.35. The summed E-state index contributed by atoms with van der Waals surface area (Å²) < 4.78 is 2.15. The molecule has 4 heterocycles. The first-order chi connectivity index (χ1) is 20.5. The fraction of sp³-hybridized carbons (Fsp3) is 0.375. The molecule has 1 saturated heterocycles. The number of para-hydroxylation sites is 2. The number of carbonyl (C=O) groups is 3. The predicted molar refractivity (Wildman–Crippen MR) is 155 cm³/mol. The van der Waals surface area contributed by atoms with Crippen LogP contribution in [0.4, 0.5) is 5.69 Å². The second kappa shape index (κ2) is 9.75. The number of amides is 3. The SMILES string of the molecule is O=C1CCC(N2Cc3ccc(NC[C@H]4C[C@H](n5cc(-c6cnc7ccccc7n6)c(C6CC6)n5)C4)cc3C2=O)C(=O)N1. The van der Waals surface area contributed by atoms with E-state index in [1.807, 2.05) is 48.7 Å². The predicted octanol–water partition coefficient (Wildman–Crippen LogP) is 4.19. The molecule has 2 saturated carbocycles. The van der Waals surface area contributed by atoms with Crippen molar-refractivity contribution in [1.82, 2.24) is 30.0 Å². The van der Waals surface area contributed by atoms with Crippen molar-refractivity contribution in [1.29, 1.82) is 0 Å². The van der Waals surface area contributed by atoms with Gasteiger partial charge in [0.2, 0.25) is 11.8 Å². The van der Waals surface area contributed by atoms with Crippen LogP contribution in [0.3, 0.4) is 0 Å². The van der Waals surface area contributed by atoms with Gasteiger partial charge < -0.3 is 10.2 Å². The van der Waals surface area contributed by atoms with Crippen LogP contribution in [0.25, 0.3) is 22.3 Å². The molecule has 2 aliphatic heterocycles. The first-order valence-corrected chi connectivity index (χ1v) is 14.8. The van der Waals surface area contributed by atoms with E-state index in [4.69, 9.17) is 10.1 Å². The molecule has 10 nitrogen and oxygen atoms in total. The zero-order chi connectivity index (χ0) is 28.4. The summed E-state index contributed by atoms with van der Waals surface area (Å²) in [4.78, 5) is 48.1. The molecule has 0 bridgehead atoms. The Bertz CT molecular complexity index is 1750. The molecule has 1 unspecified atom stereocenters. The number of fused-ring (bicyclic) bond motifs is 2. The maximum absolute atomic E-state index is 13.1. The van der Waals surface area contributed by atoms with Crippen LogP contribution >= 0.6 is 0 Å². The molecular formula is C32H31N7O3. The summed E-state index contributed by atoms with van der Waals surface area (Å²) in [5, 5.41) is 10.9. The van der Waals surface area contributed by atoms with Gasteiger partial charge in [0.1, 0.15) is 6.04 Å². The minimum atomic E-state index is -0.595. The van der Waals surface area contributed by atoms with Gasteiger partial charge in [0.25, 0.3) is 5.91 Å². The average molecular weight is 562 g/mol. The van der Waals surface area contributed by atoms with E-state index < -0.39 is 6.04 Å². The number of piperidine rings is 1. The molecular weight excluding hydrogens is 530 g/mol. The van der Waals surface area contributed by atoms with Gasteiger partial charge in [-0.05, 0) is 67.9 Å². The molecule has 42 heavy (non-hydrogen) atoms. The van der Waals surface area contributed by atoms with E-state index in [1.54, 1.807) is 4.90 Å². The van der Waals surface area contributed by atoms with Crippen LogP contribution in [0.1, 0.15) is 72.1 Å². The van der Waals surface area contributed by atoms with Gasteiger partial charge in [0, 0.05) is 48.4 Å². The number of nitrogens with zero attached hydrogens (tertiary/aromatic N) is 5. The zero-order valence-corrected chi connectivity index (χ0v) is 23.1. The maximum Gasteiger partial charge on any atom is 0.255 e. The fourth-order valence-electron chi connectivity index (χ4n) is 6.55. The van der Waals surface area contributed by atoms with Crippen molar-refractivity contribution in [2.75, 3.05) is 11.9 Å². The third kappa shape index (κ3) is 4.42. The van der Waals surface area contributed by atoms with Crippen molar-refractivity contribution in [3.8, 4) is 11.3 Å². The molecule has 0 spiro atoms. The van der Waals surface area contributed by atoms with Crippen molar-refractivity contribution in [3.05, 3.63) is 71.7 Å². The number of imide groups is 1. The monoisotopic (exact) mass is 561 g/mol. The summed E-state index contributed by atoms with van der Waals surface area (Å²) in [5.41, 5.74) is 7.39. The number of benzene rings is 2. The Balaban J connectivity index is 0.910. The van der Waals surface area contributed by atoms with Crippen LogP contribution < -0.4 is 10.6 Å². The van der Waals surface area contributed by atoms with Crippen LogP contribution in [-0.2, 0) is 16.1 Å². The normalized spacial score (nSPS) is 23.6. The number of rotatable bonds is 7. The third-order valence-corrected chi connectivity index (χ3v) is 9.16. The Labute approximate surface area is 242 Å². The Kier molecular flexibility index (Phi) is 5.84. The van der Waals surface area contributed by atoms with Gasteiger partial charge in [0.15, 0.2) is 0 Å². The van der Waals surface area contributed by atoms with Crippen molar-refractivity contribution < 1.29 is 14.4 Å². The highest BCUT2D eigenvalue weighted by molar-refractivity contribution is 6.05. The lowest BCUT2D eigenvalue weighted by Crippen LogP contribution is -2.52. The molecule has 10 heteroatoms. The summed E-state index contributed by atoms with van der Waals surface area (Å²) in [6.07, 6.45) is 9.09. The van der Waals surface area contributed by atoms with Gasteiger partial charge in [0.05, 0.1) is 34.7 Å². The lowest BCUT2D eigenvalue weighted by molar-refractivity contribution is -0.136.